The van der Waals surface area contributed by atoms with Crippen LogP contribution in [0.2, 0.25) is 0 Å². The second kappa shape index (κ2) is 11.3. The first-order valence-electron chi connectivity index (χ1n) is 9.75. The van der Waals surface area contributed by atoms with Crippen molar-refractivity contribution in [3.8, 4) is 0 Å². The number of esters is 2. The van der Waals surface area contributed by atoms with E-state index in [-0.39, 0.29) is 18.5 Å². The molecule has 1 N–H and O–H groups in total. The Morgan fingerprint density at radius 1 is 1.04 bits per heavy atom. The smallest absolute Gasteiger partial charge is 0.340 e. The molecule has 0 spiro atoms. The van der Waals surface area contributed by atoms with Crippen molar-refractivity contribution in [1.82, 2.24) is 9.80 Å². The molecule has 0 saturated carbocycles. The number of para-hydroxylation sites is 1. The van der Waals surface area contributed by atoms with Crippen LogP contribution in [0.15, 0.2) is 24.3 Å². The average Bonchev–Trinajstić information content (AvgIpc) is 2.69. The van der Waals surface area contributed by atoms with Crippen LogP contribution in [-0.4, -0.2) is 73.7 Å². The third-order valence-corrected chi connectivity index (χ3v) is 4.44. The maximum Gasteiger partial charge on any atom is 0.340 e. The van der Waals surface area contributed by atoms with Crippen LogP contribution in [0.5, 0.6) is 0 Å². The van der Waals surface area contributed by atoms with E-state index in [2.05, 4.69) is 5.32 Å². The summed E-state index contributed by atoms with van der Waals surface area (Å²) in [4.78, 5) is 40.0. The Hall–Kier alpha value is -2.61. The van der Waals surface area contributed by atoms with Gasteiger partial charge in [-0.05, 0) is 25.5 Å². The van der Waals surface area contributed by atoms with E-state index in [1.807, 2.05) is 11.8 Å². The number of urea groups is 1. The minimum absolute atomic E-state index is 0.232. The van der Waals surface area contributed by atoms with E-state index in [0.29, 0.717) is 50.6 Å². The van der Waals surface area contributed by atoms with Gasteiger partial charge in [0.05, 0.1) is 31.0 Å². The number of carbonyl (C=O) groups is 3. The zero-order valence-electron chi connectivity index (χ0n) is 16.6. The highest BCUT2D eigenvalue weighted by Crippen LogP contribution is 2.17. The van der Waals surface area contributed by atoms with Crippen LogP contribution in [-0.2, 0) is 14.3 Å². The van der Waals surface area contributed by atoms with Crippen molar-refractivity contribution in [2.24, 2.45) is 0 Å². The zero-order valence-corrected chi connectivity index (χ0v) is 16.6. The summed E-state index contributed by atoms with van der Waals surface area (Å²) in [5, 5.41) is 2.80. The van der Waals surface area contributed by atoms with E-state index in [9.17, 15) is 14.4 Å². The summed E-state index contributed by atoms with van der Waals surface area (Å²) in [6.45, 7) is 6.92. The summed E-state index contributed by atoms with van der Waals surface area (Å²) >= 11 is 0. The lowest BCUT2D eigenvalue weighted by atomic mass is 10.2. The molecule has 154 valence electrons. The number of nitrogens with one attached hydrogen (secondary N) is 1. The van der Waals surface area contributed by atoms with Crippen molar-refractivity contribution in [3.05, 3.63) is 29.8 Å². The Morgan fingerprint density at radius 2 is 1.75 bits per heavy atom. The van der Waals surface area contributed by atoms with Crippen LogP contribution in [0.1, 0.15) is 37.0 Å². The van der Waals surface area contributed by atoms with E-state index in [0.717, 1.165) is 12.8 Å². The van der Waals surface area contributed by atoms with Gasteiger partial charge in [-0.25, -0.2) is 9.59 Å². The quantitative estimate of drug-likeness (QED) is 0.541. The molecular weight excluding hydrogens is 362 g/mol. The molecule has 2 rings (SSSR count). The number of amides is 2. The van der Waals surface area contributed by atoms with E-state index in [4.69, 9.17) is 9.47 Å². The molecule has 1 saturated heterocycles. The van der Waals surface area contributed by atoms with Crippen LogP contribution in [0.4, 0.5) is 10.5 Å². The molecule has 1 aromatic rings. The molecule has 0 radical (unpaired) electrons. The van der Waals surface area contributed by atoms with Crippen LogP contribution < -0.4 is 5.32 Å². The maximum atomic E-state index is 12.6. The highest BCUT2D eigenvalue weighted by atomic mass is 16.5. The number of carbonyl (C=O) groups excluding carboxylic acids is 3. The Bertz CT molecular complexity index is 672. The molecule has 8 heteroatoms. The van der Waals surface area contributed by atoms with Gasteiger partial charge in [-0.3, -0.25) is 9.69 Å². The SMILES string of the molecule is CCCCOC(=O)c1ccccc1NC(=O)N1CCN(CC(=O)OCC)CC1. The lowest BCUT2D eigenvalue weighted by Crippen LogP contribution is -2.51. The molecule has 0 aromatic heterocycles. The van der Waals surface area contributed by atoms with Gasteiger partial charge in [-0.15, -0.1) is 0 Å². The Balaban J connectivity index is 1.88. The van der Waals surface area contributed by atoms with E-state index >= 15 is 0 Å². The van der Waals surface area contributed by atoms with Crippen molar-refractivity contribution in [2.45, 2.75) is 26.7 Å². The third-order valence-electron chi connectivity index (χ3n) is 4.44. The number of hydrogen-bond donors (Lipinski definition) is 1. The first-order valence-corrected chi connectivity index (χ1v) is 9.75. The second-order valence-electron chi connectivity index (χ2n) is 6.53. The second-order valence-corrected chi connectivity index (χ2v) is 6.53. The molecule has 0 unspecified atom stereocenters. The van der Waals surface area contributed by atoms with Crippen molar-refractivity contribution in [2.75, 3.05) is 51.3 Å². The van der Waals surface area contributed by atoms with Crippen LogP contribution >= 0.6 is 0 Å². The van der Waals surface area contributed by atoms with Crippen LogP contribution in [0, 0.1) is 0 Å². The normalized spacial score (nSPS) is 14.4. The zero-order chi connectivity index (χ0) is 20.4. The third kappa shape index (κ3) is 6.53. The average molecular weight is 391 g/mol. The lowest BCUT2D eigenvalue weighted by Gasteiger charge is -2.34. The van der Waals surface area contributed by atoms with Crippen molar-refractivity contribution in [3.63, 3.8) is 0 Å². The largest absolute Gasteiger partial charge is 0.465 e. The number of ether oxygens (including phenoxy) is 2. The molecule has 0 bridgehead atoms. The molecule has 0 atom stereocenters. The summed E-state index contributed by atoms with van der Waals surface area (Å²) in [5.41, 5.74) is 0.774. The van der Waals surface area contributed by atoms with Crippen LogP contribution in [0.3, 0.4) is 0 Å². The van der Waals surface area contributed by atoms with Gasteiger partial charge >= 0.3 is 18.0 Å². The van der Waals surface area contributed by atoms with Crippen molar-refractivity contribution >= 4 is 23.7 Å². The molecule has 1 aliphatic rings. The topological polar surface area (TPSA) is 88.2 Å². The summed E-state index contributed by atoms with van der Waals surface area (Å²) in [6, 6.07) is 6.55. The summed E-state index contributed by atoms with van der Waals surface area (Å²) in [5.74, 6) is -0.695. The van der Waals surface area contributed by atoms with Gasteiger partial charge < -0.3 is 19.7 Å². The number of piperazine rings is 1. The van der Waals surface area contributed by atoms with Crippen LogP contribution in [0.25, 0.3) is 0 Å². The van der Waals surface area contributed by atoms with Crippen molar-refractivity contribution in [1.29, 1.82) is 0 Å². The number of nitrogens with zero attached hydrogens (tertiary/aromatic N) is 2. The number of unbranched alkanes of at least 4 members (excludes halogenated alkanes) is 1. The Morgan fingerprint density at radius 3 is 2.43 bits per heavy atom. The molecular formula is C20H29N3O5. The minimum Gasteiger partial charge on any atom is -0.465 e. The summed E-state index contributed by atoms with van der Waals surface area (Å²) < 4.78 is 10.2. The predicted octanol–water partition coefficient (Wildman–Crippen LogP) is 2.36. The van der Waals surface area contributed by atoms with Gasteiger partial charge in [0.25, 0.3) is 0 Å². The first kappa shape index (κ1) is 21.7. The monoisotopic (exact) mass is 391 g/mol. The highest BCUT2D eigenvalue weighted by Gasteiger charge is 2.24. The molecule has 0 aliphatic carbocycles. The number of rotatable bonds is 8. The molecule has 1 aromatic carbocycles. The molecule has 1 fully saturated rings. The lowest BCUT2D eigenvalue weighted by molar-refractivity contribution is -0.144. The van der Waals surface area contributed by atoms with Gasteiger partial charge in [0.2, 0.25) is 0 Å². The van der Waals surface area contributed by atoms with E-state index in [1.54, 1.807) is 36.1 Å². The van der Waals surface area contributed by atoms with Gasteiger partial charge in [0.15, 0.2) is 0 Å². The fraction of sp³-hybridized carbons (Fsp3) is 0.550. The molecule has 8 nitrogen and oxygen atoms in total. The number of benzene rings is 1. The fourth-order valence-electron chi connectivity index (χ4n) is 2.85. The van der Waals surface area contributed by atoms with Crippen molar-refractivity contribution < 1.29 is 23.9 Å². The molecule has 2 amide bonds. The highest BCUT2D eigenvalue weighted by molar-refractivity contribution is 6.00. The van der Waals surface area contributed by atoms with Gasteiger partial charge in [0, 0.05) is 26.2 Å². The molecule has 28 heavy (non-hydrogen) atoms. The van der Waals surface area contributed by atoms with Gasteiger partial charge in [-0.2, -0.15) is 0 Å². The predicted molar refractivity (Wildman–Crippen MR) is 105 cm³/mol. The number of hydrogen-bond acceptors (Lipinski definition) is 6. The van der Waals surface area contributed by atoms with E-state index in [1.165, 1.54) is 0 Å². The molecule has 1 heterocycles. The molecule has 1 aliphatic heterocycles. The standard InChI is InChI=1S/C20H29N3O5/c1-3-5-14-28-19(25)16-8-6-7-9-17(16)21-20(26)23-12-10-22(11-13-23)15-18(24)27-4-2/h6-9H,3-5,10-15H2,1-2H3,(H,21,26). The van der Waals surface area contributed by atoms with Gasteiger partial charge in [0.1, 0.15) is 0 Å². The fourth-order valence-corrected chi connectivity index (χ4v) is 2.85. The van der Waals surface area contributed by atoms with E-state index < -0.39 is 5.97 Å². The first-order chi connectivity index (χ1) is 13.5. The summed E-state index contributed by atoms with van der Waals surface area (Å²) in [6.07, 6.45) is 1.74. The number of anilines is 1. The maximum absolute atomic E-state index is 12.6. The minimum atomic E-state index is -0.441. The van der Waals surface area contributed by atoms with Gasteiger partial charge in [-0.1, -0.05) is 25.5 Å². The summed E-state index contributed by atoms with van der Waals surface area (Å²) in [7, 11) is 0. The Labute approximate surface area is 165 Å². The Kier molecular flexibility index (Phi) is 8.74.